The molecule has 2 aliphatic rings. The highest BCUT2D eigenvalue weighted by molar-refractivity contribution is 5.83. The first-order valence-electron chi connectivity index (χ1n) is 14.4. The number of hydrogen-bond donors (Lipinski definition) is 1. The number of amides is 1. The highest BCUT2D eigenvalue weighted by atomic mass is 19.1. The average molecular weight is 536 g/mol. The Morgan fingerprint density at radius 3 is 2.49 bits per heavy atom. The third-order valence-electron chi connectivity index (χ3n) is 8.54. The van der Waals surface area contributed by atoms with Crippen LogP contribution in [0.5, 0.6) is 5.75 Å². The zero-order valence-corrected chi connectivity index (χ0v) is 23.4. The predicted molar refractivity (Wildman–Crippen MR) is 155 cm³/mol. The molecule has 5 rings (SSSR count). The van der Waals surface area contributed by atoms with Crippen molar-refractivity contribution >= 4 is 22.5 Å². The second kappa shape index (κ2) is 12.8. The van der Waals surface area contributed by atoms with E-state index in [1.165, 1.54) is 5.56 Å². The number of carbonyl (C=O) groups is 1. The fourth-order valence-corrected chi connectivity index (χ4v) is 6.20. The molecule has 0 bridgehead atoms. The van der Waals surface area contributed by atoms with Crippen LogP contribution < -0.4 is 9.64 Å². The van der Waals surface area contributed by atoms with Crippen molar-refractivity contribution in [3.63, 3.8) is 0 Å². The summed E-state index contributed by atoms with van der Waals surface area (Å²) in [5.74, 6) is 1.40. The molecule has 3 heterocycles. The van der Waals surface area contributed by atoms with Gasteiger partial charge in [0.1, 0.15) is 11.6 Å². The third-order valence-corrected chi connectivity index (χ3v) is 8.54. The van der Waals surface area contributed by atoms with Gasteiger partial charge in [0.15, 0.2) is 0 Å². The van der Waals surface area contributed by atoms with Crippen LogP contribution in [0.15, 0.2) is 48.7 Å². The monoisotopic (exact) mass is 535 g/mol. The molecule has 0 atom stereocenters. The van der Waals surface area contributed by atoms with Crippen LogP contribution >= 0.6 is 0 Å². The zero-order chi connectivity index (χ0) is 27.2. The van der Waals surface area contributed by atoms with Crippen LogP contribution in [-0.2, 0) is 4.79 Å². The molecule has 7 nitrogen and oxygen atoms in total. The summed E-state index contributed by atoms with van der Waals surface area (Å²) in [5, 5.41) is 1.15. The number of H-pyrrole nitrogens is 1. The molecular weight excluding hydrogens is 493 g/mol. The van der Waals surface area contributed by atoms with Crippen molar-refractivity contribution in [1.29, 1.82) is 0 Å². The number of anilines is 1. The predicted octanol–water partition coefficient (Wildman–Crippen LogP) is 4.56. The summed E-state index contributed by atoms with van der Waals surface area (Å²) in [4.78, 5) is 25.0. The molecule has 1 N–H and O–H groups in total. The summed E-state index contributed by atoms with van der Waals surface area (Å²) in [7, 11) is 1.72. The number of piperidine rings is 1. The van der Waals surface area contributed by atoms with Crippen LogP contribution in [0.25, 0.3) is 10.9 Å². The number of carbonyl (C=O) groups excluding carboxylic acids is 1. The van der Waals surface area contributed by atoms with Gasteiger partial charge in [-0.15, -0.1) is 0 Å². The highest BCUT2D eigenvalue weighted by Gasteiger charge is 2.24. The number of hydrogen-bond acceptors (Lipinski definition) is 5. The lowest BCUT2D eigenvalue weighted by atomic mass is 9.89. The van der Waals surface area contributed by atoms with Crippen LogP contribution in [-0.4, -0.2) is 98.1 Å². The first-order valence-corrected chi connectivity index (χ1v) is 14.4. The lowest BCUT2D eigenvalue weighted by molar-refractivity contribution is -0.129. The van der Waals surface area contributed by atoms with E-state index in [0.29, 0.717) is 5.92 Å². The van der Waals surface area contributed by atoms with Crippen LogP contribution in [0.4, 0.5) is 10.1 Å². The van der Waals surface area contributed by atoms with Crippen LogP contribution in [0.1, 0.15) is 37.7 Å². The zero-order valence-electron chi connectivity index (χ0n) is 23.4. The number of ether oxygens (including phenoxy) is 1. The number of likely N-dealkylation sites (tertiary alicyclic amines) is 1. The minimum Gasteiger partial charge on any atom is -0.495 e. The van der Waals surface area contributed by atoms with E-state index >= 15 is 0 Å². The Balaban J connectivity index is 1.02. The van der Waals surface area contributed by atoms with Gasteiger partial charge in [0.25, 0.3) is 0 Å². The Hall–Kier alpha value is -3.10. The molecule has 8 heteroatoms. The lowest BCUT2D eigenvalue weighted by Gasteiger charge is -2.37. The fraction of sp³-hybridized carbons (Fsp3) is 0.516. The van der Waals surface area contributed by atoms with E-state index in [-0.39, 0.29) is 11.7 Å². The van der Waals surface area contributed by atoms with Gasteiger partial charge in [-0.05, 0) is 80.7 Å². The summed E-state index contributed by atoms with van der Waals surface area (Å²) in [6.45, 7) is 11.3. The van der Waals surface area contributed by atoms with Gasteiger partial charge in [-0.2, -0.15) is 0 Å². The highest BCUT2D eigenvalue weighted by Crippen LogP contribution is 2.33. The van der Waals surface area contributed by atoms with Gasteiger partial charge in [-0.1, -0.05) is 12.1 Å². The Kier molecular flexibility index (Phi) is 9.04. The number of aromatic nitrogens is 1. The van der Waals surface area contributed by atoms with Crippen molar-refractivity contribution in [3.8, 4) is 5.75 Å². The maximum atomic E-state index is 13.5. The number of nitrogens with zero attached hydrogens (tertiary/aromatic N) is 4. The van der Waals surface area contributed by atoms with Gasteiger partial charge in [-0.25, -0.2) is 4.39 Å². The number of nitrogens with one attached hydrogen (secondary N) is 1. The summed E-state index contributed by atoms with van der Waals surface area (Å²) in [5.41, 5.74) is 3.36. The average Bonchev–Trinajstić information content (AvgIpc) is 3.38. The van der Waals surface area contributed by atoms with Gasteiger partial charge >= 0.3 is 0 Å². The molecule has 2 saturated heterocycles. The van der Waals surface area contributed by atoms with Crippen molar-refractivity contribution in [2.45, 2.75) is 32.1 Å². The molecule has 0 unspecified atom stereocenters. The van der Waals surface area contributed by atoms with Gasteiger partial charge < -0.3 is 24.4 Å². The number of benzene rings is 2. The molecule has 0 aliphatic carbocycles. The number of methoxy groups -OCH3 is 1. The van der Waals surface area contributed by atoms with Crippen LogP contribution in [0.2, 0.25) is 0 Å². The van der Waals surface area contributed by atoms with E-state index in [9.17, 15) is 9.18 Å². The van der Waals surface area contributed by atoms with E-state index < -0.39 is 0 Å². The Bertz CT molecular complexity index is 1230. The largest absolute Gasteiger partial charge is 0.495 e. The number of rotatable bonds is 10. The molecule has 0 saturated carbocycles. The lowest BCUT2D eigenvalue weighted by Crippen LogP contribution is -2.49. The minimum absolute atomic E-state index is 0.164. The van der Waals surface area contributed by atoms with E-state index in [2.05, 4.69) is 38.0 Å². The Labute approximate surface area is 231 Å². The second-order valence-corrected chi connectivity index (χ2v) is 10.9. The summed E-state index contributed by atoms with van der Waals surface area (Å²) < 4.78 is 19.1. The number of aromatic amines is 1. The number of piperazine rings is 1. The molecule has 3 aromatic rings. The molecule has 2 aliphatic heterocycles. The molecule has 0 spiro atoms. The molecule has 0 radical (unpaired) electrons. The van der Waals surface area contributed by atoms with Crippen LogP contribution in [0, 0.1) is 5.82 Å². The minimum atomic E-state index is -0.197. The number of halogens is 1. The summed E-state index contributed by atoms with van der Waals surface area (Å²) in [6, 6.07) is 13.2. The molecular formula is C31H42FN5O2. The first kappa shape index (κ1) is 27.5. The van der Waals surface area contributed by atoms with Crippen molar-refractivity contribution in [1.82, 2.24) is 19.7 Å². The van der Waals surface area contributed by atoms with Crippen molar-refractivity contribution in [3.05, 3.63) is 60.0 Å². The number of fused-ring (bicyclic) bond motifs is 1. The second-order valence-electron chi connectivity index (χ2n) is 10.9. The standard InChI is InChI=1S/C31H42FN5O2/c1-24(38)36(19-16-35-17-20-37(21-18-35)30-6-3-4-7-31(30)39-2)13-5-12-34-14-10-25(11-15-34)28-23-33-29-22-26(32)8-9-27(28)29/h3-4,6-9,22-23,25,33H,5,10-21H2,1-2H3. The summed E-state index contributed by atoms with van der Waals surface area (Å²) in [6.07, 6.45) is 5.29. The third kappa shape index (κ3) is 6.73. The SMILES string of the molecule is COc1ccccc1N1CCN(CCN(CCCN2CCC(c3c[nH]c4cc(F)ccc34)CC2)C(C)=O)CC1. The maximum absolute atomic E-state index is 13.5. The van der Waals surface area contributed by atoms with E-state index in [1.54, 1.807) is 26.2 Å². The molecule has 1 amide bonds. The Morgan fingerprint density at radius 2 is 1.74 bits per heavy atom. The van der Waals surface area contributed by atoms with E-state index in [4.69, 9.17) is 4.74 Å². The molecule has 2 fully saturated rings. The van der Waals surface area contributed by atoms with E-state index in [0.717, 1.165) is 107 Å². The quantitative estimate of drug-likeness (QED) is 0.413. The topological polar surface area (TPSA) is 55.1 Å². The van der Waals surface area contributed by atoms with Gasteiger partial charge in [0.2, 0.25) is 5.91 Å². The first-order chi connectivity index (χ1) is 19.0. The van der Waals surface area contributed by atoms with Crippen molar-refractivity contribution in [2.75, 3.05) is 77.5 Å². The smallest absolute Gasteiger partial charge is 0.219 e. The summed E-state index contributed by atoms with van der Waals surface area (Å²) >= 11 is 0. The molecule has 1 aromatic heterocycles. The maximum Gasteiger partial charge on any atom is 0.219 e. The molecule has 39 heavy (non-hydrogen) atoms. The normalized spacial score (nSPS) is 17.6. The van der Waals surface area contributed by atoms with Crippen molar-refractivity contribution in [2.24, 2.45) is 0 Å². The number of para-hydroxylation sites is 2. The van der Waals surface area contributed by atoms with Gasteiger partial charge in [0, 0.05) is 69.8 Å². The molecule has 210 valence electrons. The molecule has 2 aromatic carbocycles. The van der Waals surface area contributed by atoms with Crippen molar-refractivity contribution < 1.29 is 13.9 Å². The van der Waals surface area contributed by atoms with E-state index in [1.807, 2.05) is 23.1 Å². The van der Waals surface area contributed by atoms with Crippen LogP contribution in [0.3, 0.4) is 0 Å². The van der Waals surface area contributed by atoms with Gasteiger partial charge in [-0.3, -0.25) is 9.69 Å². The Morgan fingerprint density at radius 1 is 1.00 bits per heavy atom. The van der Waals surface area contributed by atoms with Gasteiger partial charge in [0.05, 0.1) is 12.8 Å². The fourth-order valence-electron chi connectivity index (χ4n) is 6.20.